The molecular weight excluding hydrogens is 458 g/mol. The summed E-state index contributed by atoms with van der Waals surface area (Å²) in [6.45, 7) is 1.95. The molecule has 0 radical (unpaired) electrons. The number of thiophene rings is 1. The summed E-state index contributed by atoms with van der Waals surface area (Å²) < 4.78 is 10.1. The molecule has 0 aliphatic carbocycles. The van der Waals surface area contributed by atoms with Gasteiger partial charge in [0.2, 0.25) is 0 Å². The molecule has 1 aliphatic heterocycles. The van der Waals surface area contributed by atoms with Gasteiger partial charge in [0, 0.05) is 44.2 Å². The molecular formula is C23H25N5O5S. The number of methoxy groups -OCH3 is 1. The molecule has 1 fully saturated rings. The third-order valence-corrected chi connectivity index (χ3v) is 6.43. The van der Waals surface area contributed by atoms with Crippen molar-refractivity contribution in [2.75, 3.05) is 39.1 Å². The van der Waals surface area contributed by atoms with E-state index in [4.69, 9.17) is 9.26 Å². The molecule has 1 N–H and O–H groups in total. The van der Waals surface area contributed by atoms with Crippen LogP contribution in [-0.4, -0.2) is 71.6 Å². The average molecular weight is 484 g/mol. The summed E-state index contributed by atoms with van der Waals surface area (Å²) in [5.41, 5.74) is 1.76. The molecule has 3 aromatic rings. The maximum absolute atomic E-state index is 12.5. The van der Waals surface area contributed by atoms with Crippen LogP contribution < -0.4 is 5.32 Å². The summed E-state index contributed by atoms with van der Waals surface area (Å²) >= 11 is 1.19. The number of anilines is 1. The molecule has 3 amide bonds. The molecule has 11 heteroatoms. The molecule has 1 aromatic carbocycles. The first kappa shape index (κ1) is 23.4. The zero-order chi connectivity index (χ0) is 24.1. The van der Waals surface area contributed by atoms with Crippen LogP contribution in [0.25, 0.3) is 11.5 Å². The highest BCUT2D eigenvalue weighted by Crippen LogP contribution is 2.23. The van der Waals surface area contributed by atoms with E-state index in [1.807, 2.05) is 4.90 Å². The fraction of sp³-hybridized carbons (Fsp3) is 0.348. The van der Waals surface area contributed by atoms with Crippen LogP contribution in [0.4, 0.5) is 10.5 Å². The van der Waals surface area contributed by atoms with Gasteiger partial charge in [-0.1, -0.05) is 5.16 Å². The van der Waals surface area contributed by atoms with Crippen LogP contribution in [-0.2, 0) is 11.2 Å². The number of aromatic nitrogens is 2. The molecule has 10 nitrogen and oxygen atoms in total. The Labute approximate surface area is 200 Å². The number of ether oxygens (including phenoxy) is 1. The zero-order valence-electron chi connectivity index (χ0n) is 18.9. The van der Waals surface area contributed by atoms with Crippen molar-refractivity contribution in [3.63, 3.8) is 0 Å². The van der Waals surface area contributed by atoms with E-state index >= 15 is 0 Å². The Balaban J connectivity index is 1.31. The summed E-state index contributed by atoms with van der Waals surface area (Å²) in [6.07, 6.45) is 2.48. The number of nitrogens with zero attached hydrogens (tertiary/aromatic N) is 4. The molecule has 4 rings (SSSR count). The first-order valence-electron chi connectivity index (χ1n) is 10.9. The van der Waals surface area contributed by atoms with Gasteiger partial charge in [0.1, 0.15) is 4.88 Å². The lowest BCUT2D eigenvalue weighted by Gasteiger charge is -2.17. The molecule has 3 heterocycles. The van der Waals surface area contributed by atoms with E-state index in [1.54, 1.807) is 42.8 Å². The number of benzene rings is 1. The van der Waals surface area contributed by atoms with Crippen molar-refractivity contribution in [3.05, 3.63) is 52.0 Å². The van der Waals surface area contributed by atoms with Gasteiger partial charge in [0.25, 0.3) is 11.8 Å². The average Bonchev–Trinajstić information content (AvgIpc) is 3.64. The molecule has 0 unspecified atom stereocenters. The monoisotopic (exact) mass is 483 g/mol. The number of likely N-dealkylation sites (tertiary alicyclic amines) is 1. The smallest absolute Gasteiger partial charge is 0.350 e. The number of nitrogens with one attached hydrogen (secondary N) is 1. The van der Waals surface area contributed by atoms with E-state index < -0.39 is 5.97 Å². The summed E-state index contributed by atoms with van der Waals surface area (Å²) in [5, 5.41) is 8.40. The number of carbonyl (C=O) groups is 3. The summed E-state index contributed by atoms with van der Waals surface area (Å²) in [7, 11) is 2.93. The minimum atomic E-state index is -0.499. The van der Waals surface area contributed by atoms with Gasteiger partial charge in [-0.15, -0.1) is 11.3 Å². The van der Waals surface area contributed by atoms with Gasteiger partial charge in [-0.25, -0.2) is 9.59 Å². The lowest BCUT2D eigenvalue weighted by atomic mass is 10.1. The lowest BCUT2D eigenvalue weighted by molar-refractivity contribution is 0.0607. The lowest BCUT2D eigenvalue weighted by Crippen LogP contribution is -2.33. The predicted molar refractivity (Wildman–Crippen MR) is 126 cm³/mol. The largest absolute Gasteiger partial charge is 0.465 e. The van der Waals surface area contributed by atoms with E-state index in [0.29, 0.717) is 40.8 Å². The molecule has 0 spiro atoms. The van der Waals surface area contributed by atoms with Crippen molar-refractivity contribution in [2.24, 2.45) is 0 Å². The quantitative estimate of drug-likeness (QED) is 0.511. The van der Waals surface area contributed by atoms with Crippen LogP contribution in [0.5, 0.6) is 0 Å². The Morgan fingerprint density at radius 2 is 1.91 bits per heavy atom. The molecule has 34 heavy (non-hydrogen) atoms. The van der Waals surface area contributed by atoms with Crippen LogP contribution >= 0.6 is 11.3 Å². The Morgan fingerprint density at radius 3 is 2.62 bits per heavy atom. The van der Waals surface area contributed by atoms with E-state index in [9.17, 15) is 14.4 Å². The number of carbonyl (C=O) groups excluding carboxylic acids is 3. The van der Waals surface area contributed by atoms with E-state index in [2.05, 4.69) is 15.5 Å². The van der Waals surface area contributed by atoms with Crippen LogP contribution in [0, 0.1) is 0 Å². The standard InChI is InChI=1S/C23H25N5O5S/c1-27(23(31)24-17-10-14-34-19(17)22(30)32-2)13-9-18-25-20(33-26-18)15-5-7-16(8-6-15)21(29)28-11-3-4-12-28/h5-8,10,14H,3-4,9,11-13H2,1-2H3,(H,24,31). The zero-order valence-corrected chi connectivity index (χ0v) is 19.8. The number of rotatable bonds is 7. The highest BCUT2D eigenvalue weighted by atomic mass is 32.1. The normalized spacial score (nSPS) is 13.1. The van der Waals surface area contributed by atoms with Gasteiger partial charge in [-0.2, -0.15) is 4.98 Å². The Morgan fingerprint density at radius 1 is 1.18 bits per heavy atom. The van der Waals surface area contributed by atoms with Gasteiger partial charge >= 0.3 is 12.0 Å². The molecule has 0 atom stereocenters. The second-order valence-electron chi connectivity index (χ2n) is 7.85. The fourth-order valence-electron chi connectivity index (χ4n) is 3.57. The third kappa shape index (κ3) is 5.25. The van der Waals surface area contributed by atoms with E-state index in [1.165, 1.54) is 23.3 Å². The molecule has 1 saturated heterocycles. The predicted octanol–water partition coefficient (Wildman–Crippen LogP) is 3.53. The van der Waals surface area contributed by atoms with E-state index in [0.717, 1.165) is 31.5 Å². The number of likely N-dealkylation sites (N-methyl/N-ethyl adjacent to an activating group) is 1. The van der Waals surface area contributed by atoms with Crippen molar-refractivity contribution in [1.29, 1.82) is 0 Å². The number of hydrogen-bond acceptors (Lipinski definition) is 8. The number of esters is 1. The molecule has 0 bridgehead atoms. The van der Waals surface area contributed by atoms with Crippen molar-refractivity contribution in [1.82, 2.24) is 19.9 Å². The van der Waals surface area contributed by atoms with Gasteiger partial charge in [0.05, 0.1) is 12.8 Å². The SMILES string of the molecule is COC(=O)c1sccc1NC(=O)N(C)CCc1noc(-c2ccc(C(=O)N3CCCC3)cc2)n1. The van der Waals surface area contributed by atoms with Crippen molar-refractivity contribution in [2.45, 2.75) is 19.3 Å². The Kier molecular flexibility index (Phi) is 7.21. The first-order chi connectivity index (χ1) is 16.5. The minimum absolute atomic E-state index is 0.0396. The van der Waals surface area contributed by atoms with Crippen molar-refractivity contribution in [3.8, 4) is 11.5 Å². The van der Waals surface area contributed by atoms with Crippen LogP contribution in [0.15, 0.2) is 40.2 Å². The van der Waals surface area contributed by atoms with Gasteiger partial charge in [-0.3, -0.25) is 4.79 Å². The second kappa shape index (κ2) is 10.5. The van der Waals surface area contributed by atoms with Gasteiger partial charge in [0.15, 0.2) is 5.82 Å². The molecule has 0 saturated carbocycles. The third-order valence-electron chi connectivity index (χ3n) is 5.54. The van der Waals surface area contributed by atoms with Crippen molar-refractivity contribution >= 4 is 34.9 Å². The fourth-order valence-corrected chi connectivity index (χ4v) is 4.34. The minimum Gasteiger partial charge on any atom is -0.465 e. The summed E-state index contributed by atoms with van der Waals surface area (Å²) in [6, 6.07) is 8.40. The highest BCUT2D eigenvalue weighted by molar-refractivity contribution is 7.12. The van der Waals surface area contributed by atoms with Gasteiger partial charge < -0.3 is 24.4 Å². The maximum Gasteiger partial charge on any atom is 0.350 e. The van der Waals surface area contributed by atoms with Crippen LogP contribution in [0.2, 0.25) is 0 Å². The van der Waals surface area contributed by atoms with Crippen molar-refractivity contribution < 1.29 is 23.6 Å². The Hall–Kier alpha value is -3.73. The second-order valence-corrected chi connectivity index (χ2v) is 8.77. The van der Waals surface area contributed by atoms with Crippen LogP contribution in [0.1, 0.15) is 38.7 Å². The number of urea groups is 1. The summed E-state index contributed by atoms with van der Waals surface area (Å²) in [4.78, 5) is 44.8. The van der Waals surface area contributed by atoms with Crippen LogP contribution in [0.3, 0.4) is 0 Å². The molecule has 2 aromatic heterocycles. The van der Waals surface area contributed by atoms with Gasteiger partial charge in [-0.05, 0) is 48.6 Å². The first-order valence-corrected chi connectivity index (χ1v) is 11.7. The Bertz CT molecular complexity index is 1170. The highest BCUT2D eigenvalue weighted by Gasteiger charge is 2.20. The number of amides is 3. The van der Waals surface area contributed by atoms with E-state index in [-0.39, 0.29) is 11.9 Å². The maximum atomic E-state index is 12.5. The number of hydrogen-bond donors (Lipinski definition) is 1. The molecule has 1 aliphatic rings. The topological polar surface area (TPSA) is 118 Å². The summed E-state index contributed by atoms with van der Waals surface area (Å²) in [5.74, 6) is 0.347. The molecule has 178 valence electrons.